The molecule has 9 nitrogen and oxygen atoms in total. The number of hydrogen-bond acceptors (Lipinski definition) is 7. The smallest absolute Gasteiger partial charge is 0.388 e. The maximum absolute atomic E-state index is 14.3. The molecule has 0 saturated heterocycles. The quantitative estimate of drug-likeness (QED) is 0.453. The van der Waals surface area contributed by atoms with Gasteiger partial charge in [-0.05, 0) is 39.0 Å². The molecule has 0 amide bonds. The Morgan fingerprint density at radius 3 is 2.42 bits per heavy atom. The van der Waals surface area contributed by atoms with E-state index in [1.165, 1.54) is 24.7 Å². The van der Waals surface area contributed by atoms with Crippen molar-refractivity contribution < 1.29 is 31.1 Å². The normalized spacial score (nSPS) is 13.7. The molecule has 0 saturated carbocycles. The highest BCUT2D eigenvalue weighted by molar-refractivity contribution is 7.89. The molecule has 14 heteroatoms. The lowest BCUT2D eigenvalue weighted by Gasteiger charge is -2.25. The van der Waals surface area contributed by atoms with Crippen LogP contribution in [0.2, 0.25) is 0 Å². The van der Waals surface area contributed by atoms with Gasteiger partial charge in [0.2, 0.25) is 16.0 Å². The molecule has 0 spiro atoms. The zero-order valence-corrected chi connectivity index (χ0v) is 18.4. The molecule has 178 valence electrons. The first kappa shape index (κ1) is 24.5. The van der Waals surface area contributed by atoms with Gasteiger partial charge < -0.3 is 10.4 Å². The Hall–Kier alpha value is -3.10. The summed E-state index contributed by atoms with van der Waals surface area (Å²) in [7, 11) is -4.15. The van der Waals surface area contributed by atoms with Crippen LogP contribution in [-0.4, -0.2) is 38.9 Å². The van der Waals surface area contributed by atoms with E-state index in [1.54, 1.807) is 6.92 Å². The number of primary sulfonamides is 1. The molecular weight excluding hydrogens is 468 g/mol. The van der Waals surface area contributed by atoms with E-state index in [1.807, 2.05) is 0 Å². The summed E-state index contributed by atoms with van der Waals surface area (Å²) in [5.74, 6) is -1.40. The average molecular weight is 488 g/mol. The van der Waals surface area contributed by atoms with Gasteiger partial charge in [0.15, 0.2) is 0 Å². The number of nitrogens with one attached hydrogen (secondary N) is 1. The van der Waals surface area contributed by atoms with Crippen LogP contribution in [0.15, 0.2) is 41.7 Å². The summed E-state index contributed by atoms with van der Waals surface area (Å²) in [6, 6.07) is 2.16. The molecule has 1 aromatic carbocycles. The molecular formula is C19H20F4N6O3S. The fraction of sp³-hybridized carbons (Fsp3) is 0.316. The highest BCUT2D eigenvalue weighted by Crippen LogP contribution is 2.37. The van der Waals surface area contributed by atoms with Crippen LogP contribution in [0.25, 0.3) is 11.3 Å². The minimum Gasteiger partial charge on any atom is -0.388 e. The van der Waals surface area contributed by atoms with Gasteiger partial charge in [0.1, 0.15) is 11.4 Å². The van der Waals surface area contributed by atoms with Gasteiger partial charge in [0.25, 0.3) is 0 Å². The van der Waals surface area contributed by atoms with Crippen molar-refractivity contribution >= 4 is 21.7 Å². The van der Waals surface area contributed by atoms with Crippen molar-refractivity contribution in [3.8, 4) is 11.3 Å². The number of sulfonamides is 1. The van der Waals surface area contributed by atoms with E-state index < -0.39 is 49.8 Å². The summed E-state index contributed by atoms with van der Waals surface area (Å²) in [6.45, 7) is 4.70. The first-order chi connectivity index (χ1) is 15.1. The summed E-state index contributed by atoms with van der Waals surface area (Å²) in [4.78, 5) is 7.01. The van der Waals surface area contributed by atoms with E-state index in [9.17, 15) is 31.1 Å². The number of hydrogen-bond donors (Lipinski definition) is 3. The zero-order chi connectivity index (χ0) is 24.8. The second kappa shape index (κ2) is 8.35. The summed E-state index contributed by atoms with van der Waals surface area (Å²) in [5.41, 5.74) is -3.15. The van der Waals surface area contributed by atoms with Crippen molar-refractivity contribution in [3.63, 3.8) is 0 Å². The Kier molecular flexibility index (Phi) is 6.21. The van der Waals surface area contributed by atoms with Crippen LogP contribution in [0.3, 0.4) is 0 Å². The molecule has 0 radical (unpaired) electrons. The van der Waals surface area contributed by atoms with Gasteiger partial charge in [0, 0.05) is 18.0 Å². The summed E-state index contributed by atoms with van der Waals surface area (Å²) in [5, 5.41) is 21.5. The Balaban J connectivity index is 2.03. The lowest BCUT2D eigenvalue weighted by atomic mass is 10.0. The Bertz CT molecular complexity index is 1290. The molecule has 2 aromatic heterocycles. The van der Waals surface area contributed by atoms with Crippen molar-refractivity contribution in [1.29, 1.82) is 0 Å². The van der Waals surface area contributed by atoms with Gasteiger partial charge in [-0.15, -0.1) is 0 Å². The Labute approximate surface area is 186 Å². The second-order valence-electron chi connectivity index (χ2n) is 7.80. The van der Waals surface area contributed by atoms with Crippen LogP contribution >= 0.6 is 0 Å². The monoisotopic (exact) mass is 488 g/mol. The molecule has 0 unspecified atom stereocenters. The number of benzene rings is 1. The molecule has 0 fully saturated rings. The van der Waals surface area contributed by atoms with Gasteiger partial charge in [-0.25, -0.2) is 27.9 Å². The van der Waals surface area contributed by atoms with E-state index in [0.29, 0.717) is 12.3 Å². The fourth-order valence-corrected chi connectivity index (χ4v) is 3.29. The lowest BCUT2D eigenvalue weighted by molar-refractivity contribution is -0.137. The van der Waals surface area contributed by atoms with Crippen LogP contribution in [0.1, 0.15) is 32.4 Å². The molecule has 0 aliphatic heterocycles. The predicted molar refractivity (Wildman–Crippen MR) is 110 cm³/mol. The third-order valence-corrected chi connectivity index (χ3v) is 5.81. The van der Waals surface area contributed by atoms with E-state index in [2.05, 4.69) is 20.4 Å². The molecule has 0 bridgehead atoms. The molecule has 2 heterocycles. The van der Waals surface area contributed by atoms with Crippen LogP contribution in [0.4, 0.5) is 29.2 Å². The number of aliphatic hydroxyl groups is 1. The third kappa shape index (κ3) is 5.46. The van der Waals surface area contributed by atoms with Crippen LogP contribution in [0.5, 0.6) is 0 Å². The van der Waals surface area contributed by atoms with Crippen LogP contribution in [-0.2, 0) is 16.2 Å². The first-order valence-electron chi connectivity index (χ1n) is 9.38. The minimum atomic E-state index is -4.79. The van der Waals surface area contributed by atoms with Crippen LogP contribution < -0.4 is 10.5 Å². The Morgan fingerprint density at radius 1 is 1.21 bits per heavy atom. The lowest BCUT2D eigenvalue weighted by Crippen LogP contribution is -2.31. The van der Waals surface area contributed by atoms with Gasteiger partial charge in [-0.2, -0.15) is 18.3 Å². The minimum absolute atomic E-state index is 0.00563. The number of rotatable bonds is 6. The van der Waals surface area contributed by atoms with E-state index in [4.69, 9.17) is 5.14 Å². The number of nitrogens with zero attached hydrogens (tertiary/aromatic N) is 4. The van der Waals surface area contributed by atoms with E-state index >= 15 is 0 Å². The van der Waals surface area contributed by atoms with E-state index in [0.717, 1.165) is 18.3 Å². The SMILES string of the molecule is C[C@H](n1cc(-c2nc(Nc3ccc(S(N)(=O)=O)cc3F)ncc2C(F)(F)F)cn1)C(C)(C)O. The van der Waals surface area contributed by atoms with Crippen molar-refractivity contribution in [3.05, 3.63) is 48.2 Å². The number of aromatic nitrogens is 4. The molecule has 3 rings (SSSR count). The molecule has 4 N–H and O–H groups in total. The average Bonchev–Trinajstić information content (AvgIpc) is 3.16. The maximum atomic E-state index is 14.3. The third-order valence-electron chi connectivity index (χ3n) is 4.90. The number of halogens is 4. The summed E-state index contributed by atoms with van der Waals surface area (Å²) in [6.07, 6.45) is -1.80. The van der Waals surface area contributed by atoms with Crippen molar-refractivity contribution in [2.45, 2.75) is 43.5 Å². The number of alkyl halides is 3. The largest absolute Gasteiger partial charge is 0.419 e. The van der Waals surface area contributed by atoms with Crippen molar-refractivity contribution in [2.24, 2.45) is 5.14 Å². The summed E-state index contributed by atoms with van der Waals surface area (Å²) >= 11 is 0. The van der Waals surface area contributed by atoms with Crippen molar-refractivity contribution in [2.75, 3.05) is 5.32 Å². The topological polar surface area (TPSA) is 136 Å². The second-order valence-corrected chi connectivity index (χ2v) is 9.37. The van der Waals surface area contributed by atoms with Gasteiger partial charge in [-0.3, -0.25) is 4.68 Å². The first-order valence-corrected chi connectivity index (χ1v) is 10.9. The highest BCUT2D eigenvalue weighted by atomic mass is 32.2. The fourth-order valence-electron chi connectivity index (χ4n) is 2.76. The zero-order valence-electron chi connectivity index (χ0n) is 17.6. The molecule has 0 aliphatic carbocycles. The molecule has 3 aromatic rings. The molecule has 33 heavy (non-hydrogen) atoms. The van der Waals surface area contributed by atoms with Crippen molar-refractivity contribution in [1.82, 2.24) is 19.7 Å². The highest BCUT2D eigenvalue weighted by Gasteiger charge is 2.36. The predicted octanol–water partition coefficient (Wildman–Crippen LogP) is 3.22. The van der Waals surface area contributed by atoms with Gasteiger partial charge in [-0.1, -0.05) is 0 Å². The number of nitrogens with two attached hydrogens (primary N) is 1. The Morgan fingerprint density at radius 2 is 1.88 bits per heavy atom. The number of anilines is 2. The standard InChI is InChI=1S/C19H20F4N6O3S/c1-10(18(2,3)30)29-9-11(7-26-29)16-13(19(21,22)23)8-25-17(28-16)27-15-5-4-12(6-14(15)20)33(24,31)32/h4-10,30H,1-3H3,(H2,24,31,32)(H,25,27,28)/t10-/m0/s1. The van der Waals surface area contributed by atoms with Gasteiger partial charge >= 0.3 is 6.18 Å². The molecule has 0 aliphatic rings. The van der Waals surface area contributed by atoms with Gasteiger partial charge in [0.05, 0.1) is 34.1 Å². The van der Waals surface area contributed by atoms with Crippen LogP contribution in [0, 0.1) is 5.82 Å². The molecule has 1 atom stereocenters. The summed E-state index contributed by atoms with van der Waals surface area (Å²) < 4.78 is 79.0. The van der Waals surface area contributed by atoms with E-state index in [-0.39, 0.29) is 17.2 Å². The maximum Gasteiger partial charge on any atom is 0.419 e.